The van der Waals surface area contributed by atoms with Crippen molar-refractivity contribution in [2.75, 3.05) is 6.61 Å². The van der Waals surface area contributed by atoms with Crippen LogP contribution in [0, 0.1) is 8.83 Å². The van der Waals surface area contributed by atoms with Crippen molar-refractivity contribution in [3.05, 3.63) is 38.8 Å². The summed E-state index contributed by atoms with van der Waals surface area (Å²) in [5.74, 6) is -0.758. The number of halogens is 2. The van der Waals surface area contributed by atoms with Crippen LogP contribution in [0.5, 0.6) is 0 Å². The van der Waals surface area contributed by atoms with E-state index in [1.165, 1.54) is 23.5 Å². The zero-order chi connectivity index (χ0) is 13.1. The van der Waals surface area contributed by atoms with Crippen molar-refractivity contribution in [2.45, 2.75) is 6.92 Å². The molecule has 0 unspecified atom stereocenters. The van der Waals surface area contributed by atoms with Gasteiger partial charge in [0.1, 0.15) is 5.82 Å². The Bertz CT molecular complexity index is 568. The molecule has 0 spiro atoms. The van der Waals surface area contributed by atoms with E-state index in [2.05, 4.69) is 4.98 Å². The maximum atomic E-state index is 12.9. The molecule has 0 saturated heterocycles. The fourth-order valence-corrected chi connectivity index (χ4v) is 3.12. The molecule has 0 N–H and O–H groups in total. The van der Waals surface area contributed by atoms with E-state index in [9.17, 15) is 9.18 Å². The van der Waals surface area contributed by atoms with Gasteiger partial charge in [0.25, 0.3) is 0 Å². The van der Waals surface area contributed by atoms with Crippen molar-refractivity contribution in [1.82, 2.24) is 4.98 Å². The van der Waals surface area contributed by atoms with Gasteiger partial charge < -0.3 is 4.74 Å². The molecule has 0 radical (unpaired) electrons. The highest BCUT2D eigenvalue weighted by Gasteiger charge is 2.19. The van der Waals surface area contributed by atoms with Gasteiger partial charge in [-0.15, -0.1) is 11.3 Å². The Balaban J connectivity index is 2.44. The van der Waals surface area contributed by atoms with Crippen molar-refractivity contribution < 1.29 is 13.9 Å². The first-order valence-electron chi connectivity index (χ1n) is 5.21. The second kappa shape index (κ2) is 5.75. The molecule has 1 aromatic carbocycles. The lowest BCUT2D eigenvalue weighted by molar-refractivity contribution is 0.0521. The molecule has 0 amide bonds. The fourth-order valence-electron chi connectivity index (χ4n) is 1.43. The van der Waals surface area contributed by atoms with Gasteiger partial charge in [-0.3, -0.25) is 0 Å². The van der Waals surface area contributed by atoms with Crippen LogP contribution in [0.3, 0.4) is 0 Å². The van der Waals surface area contributed by atoms with Crippen molar-refractivity contribution in [2.24, 2.45) is 0 Å². The number of rotatable bonds is 3. The smallest absolute Gasteiger partial charge is 0.358 e. The molecule has 0 aliphatic rings. The lowest BCUT2D eigenvalue weighted by Crippen LogP contribution is -2.06. The summed E-state index contributed by atoms with van der Waals surface area (Å²) in [6.45, 7) is 2.04. The third-order valence-electron chi connectivity index (χ3n) is 2.18. The van der Waals surface area contributed by atoms with E-state index in [1.54, 1.807) is 19.1 Å². The van der Waals surface area contributed by atoms with Gasteiger partial charge in [-0.25, -0.2) is 14.2 Å². The van der Waals surface area contributed by atoms with E-state index in [0.717, 1.165) is 8.58 Å². The molecule has 2 aromatic rings. The Labute approximate surface area is 121 Å². The monoisotopic (exact) mass is 377 g/mol. The topological polar surface area (TPSA) is 39.2 Å². The van der Waals surface area contributed by atoms with Crippen LogP contribution in [0.15, 0.2) is 24.3 Å². The number of aromatic nitrogens is 1. The Hall–Kier alpha value is -1.02. The molecule has 1 aromatic heterocycles. The summed E-state index contributed by atoms with van der Waals surface area (Å²) >= 11 is 3.43. The molecule has 3 nitrogen and oxygen atoms in total. The summed E-state index contributed by atoms with van der Waals surface area (Å²) < 4.78 is 18.6. The lowest BCUT2D eigenvalue weighted by atomic mass is 10.1. The first-order chi connectivity index (χ1) is 8.61. The fraction of sp³-hybridized carbons (Fsp3) is 0.167. The SMILES string of the molecule is CCOC(=O)c1nc(I)sc1-c1ccc(F)cc1. The van der Waals surface area contributed by atoms with Crippen molar-refractivity contribution in [1.29, 1.82) is 0 Å². The minimum Gasteiger partial charge on any atom is -0.461 e. The Morgan fingerprint density at radius 2 is 2.11 bits per heavy atom. The van der Waals surface area contributed by atoms with Gasteiger partial charge in [-0.2, -0.15) is 0 Å². The minimum atomic E-state index is -0.448. The van der Waals surface area contributed by atoms with Crippen LogP contribution in [0.4, 0.5) is 4.39 Å². The number of esters is 1. The number of thiazole rings is 1. The average Bonchev–Trinajstić information content (AvgIpc) is 2.73. The lowest BCUT2D eigenvalue weighted by Gasteiger charge is -2.02. The zero-order valence-corrected chi connectivity index (χ0v) is 12.4. The predicted octanol–water partition coefficient (Wildman–Crippen LogP) is 3.73. The van der Waals surface area contributed by atoms with Gasteiger partial charge in [0.05, 0.1) is 11.5 Å². The molecule has 2 rings (SSSR count). The quantitative estimate of drug-likeness (QED) is 0.605. The predicted molar refractivity (Wildman–Crippen MR) is 76.2 cm³/mol. The van der Waals surface area contributed by atoms with Gasteiger partial charge in [-0.05, 0) is 47.2 Å². The van der Waals surface area contributed by atoms with Crippen molar-refractivity contribution in [3.8, 4) is 10.4 Å². The van der Waals surface area contributed by atoms with Crippen molar-refractivity contribution in [3.63, 3.8) is 0 Å². The molecule has 0 aliphatic heterocycles. The van der Waals surface area contributed by atoms with Gasteiger partial charge >= 0.3 is 5.97 Å². The number of benzene rings is 1. The molecule has 0 fully saturated rings. The Morgan fingerprint density at radius 3 is 2.72 bits per heavy atom. The second-order valence-corrected chi connectivity index (χ2v) is 6.12. The van der Waals surface area contributed by atoms with Gasteiger partial charge in [0, 0.05) is 0 Å². The minimum absolute atomic E-state index is 0.290. The van der Waals surface area contributed by atoms with Crippen LogP contribution < -0.4 is 0 Å². The summed E-state index contributed by atoms with van der Waals surface area (Å²) in [5, 5.41) is 0. The molecular formula is C12H9FINO2S. The van der Waals surface area contributed by atoms with Crippen LogP contribution in [0.25, 0.3) is 10.4 Å². The molecule has 94 valence electrons. The highest BCUT2D eigenvalue weighted by Crippen LogP contribution is 2.31. The zero-order valence-electron chi connectivity index (χ0n) is 9.44. The summed E-state index contributed by atoms with van der Waals surface area (Å²) in [4.78, 5) is 16.6. The van der Waals surface area contributed by atoms with Gasteiger partial charge in [0.2, 0.25) is 0 Å². The van der Waals surface area contributed by atoms with Crippen LogP contribution >= 0.6 is 33.9 Å². The van der Waals surface area contributed by atoms with Crippen LogP contribution in [-0.2, 0) is 4.74 Å². The molecular weight excluding hydrogens is 368 g/mol. The maximum absolute atomic E-state index is 12.9. The standard InChI is InChI=1S/C12H9FINO2S/c1-2-17-11(16)9-10(18-12(14)15-9)7-3-5-8(13)6-4-7/h3-6H,2H2,1H3. The molecule has 0 saturated carbocycles. The normalized spacial score (nSPS) is 10.4. The number of hydrogen-bond acceptors (Lipinski definition) is 4. The number of carbonyl (C=O) groups excluding carboxylic acids is 1. The van der Waals surface area contributed by atoms with E-state index in [-0.39, 0.29) is 11.5 Å². The molecule has 6 heteroatoms. The van der Waals surface area contributed by atoms with E-state index >= 15 is 0 Å². The Morgan fingerprint density at radius 1 is 1.44 bits per heavy atom. The summed E-state index contributed by atoms with van der Waals surface area (Å²) in [7, 11) is 0. The first kappa shape index (κ1) is 13.4. The third kappa shape index (κ3) is 2.86. The van der Waals surface area contributed by atoms with E-state index < -0.39 is 5.97 Å². The van der Waals surface area contributed by atoms with Gasteiger partial charge in [-0.1, -0.05) is 12.1 Å². The number of carbonyl (C=O) groups is 1. The first-order valence-corrected chi connectivity index (χ1v) is 7.10. The second-order valence-electron chi connectivity index (χ2n) is 3.37. The molecule has 0 atom stereocenters. The molecule has 18 heavy (non-hydrogen) atoms. The van der Waals surface area contributed by atoms with Gasteiger partial charge in [0.15, 0.2) is 8.71 Å². The third-order valence-corrected chi connectivity index (χ3v) is 3.97. The number of nitrogens with zero attached hydrogens (tertiary/aromatic N) is 1. The maximum Gasteiger partial charge on any atom is 0.358 e. The molecule has 0 aliphatic carbocycles. The highest BCUT2D eigenvalue weighted by atomic mass is 127. The van der Waals surface area contributed by atoms with E-state index in [1.807, 2.05) is 22.6 Å². The summed E-state index contributed by atoms with van der Waals surface area (Å²) in [5.41, 5.74) is 1.05. The van der Waals surface area contributed by atoms with Crippen LogP contribution in [0.1, 0.15) is 17.4 Å². The largest absolute Gasteiger partial charge is 0.461 e. The van der Waals surface area contributed by atoms with Crippen LogP contribution in [0.2, 0.25) is 0 Å². The summed E-state index contributed by atoms with van der Waals surface area (Å²) in [6.07, 6.45) is 0. The number of ether oxygens (including phenoxy) is 1. The summed E-state index contributed by atoms with van der Waals surface area (Å²) in [6, 6.07) is 5.97. The average molecular weight is 377 g/mol. The molecule has 0 bridgehead atoms. The van der Waals surface area contributed by atoms with E-state index in [0.29, 0.717) is 11.5 Å². The van der Waals surface area contributed by atoms with Crippen LogP contribution in [-0.4, -0.2) is 17.6 Å². The Kier molecular flexibility index (Phi) is 4.28. The van der Waals surface area contributed by atoms with Crippen molar-refractivity contribution >= 4 is 39.9 Å². The molecule has 1 heterocycles. The van der Waals surface area contributed by atoms with E-state index in [4.69, 9.17) is 4.74 Å². The number of hydrogen-bond donors (Lipinski definition) is 0. The highest BCUT2D eigenvalue weighted by molar-refractivity contribution is 14.1.